The van der Waals surface area contributed by atoms with Gasteiger partial charge in [-0.1, -0.05) is 72.3 Å². The zero-order valence-electron chi connectivity index (χ0n) is 19.1. The first-order valence-electron chi connectivity index (χ1n) is 11.6. The minimum atomic E-state index is -1.29. The molecule has 36 heavy (non-hydrogen) atoms. The number of nitrogens with zero attached hydrogens (tertiary/aromatic N) is 1. The second kappa shape index (κ2) is 8.07. The first kappa shape index (κ1) is 23.5. The van der Waals surface area contributed by atoms with Crippen LogP contribution in [0, 0.1) is 11.8 Å². The Kier molecular flexibility index (Phi) is 5.28. The Balaban J connectivity index is 1.38. The van der Waals surface area contributed by atoms with Gasteiger partial charge in [-0.05, 0) is 46.9 Å². The van der Waals surface area contributed by atoms with Gasteiger partial charge in [0.15, 0.2) is 0 Å². The second-order valence-electron chi connectivity index (χ2n) is 9.43. The summed E-state index contributed by atoms with van der Waals surface area (Å²) < 4.78 is 5.44. The van der Waals surface area contributed by atoms with Gasteiger partial charge in [0.2, 0.25) is 11.8 Å². The maximum Gasteiger partial charge on any atom is 0.329 e. The number of ether oxygens (including phenoxy) is 1. The van der Waals surface area contributed by atoms with Gasteiger partial charge in [0.25, 0.3) is 0 Å². The Morgan fingerprint density at radius 2 is 1.25 bits per heavy atom. The molecule has 1 saturated heterocycles. The molecule has 1 heterocycles. The smallest absolute Gasteiger partial charge is 0.329 e. The monoisotopic (exact) mass is 539 g/mol. The molecule has 5 nitrogen and oxygen atoms in total. The van der Waals surface area contributed by atoms with Crippen molar-refractivity contribution in [1.82, 2.24) is 4.90 Å². The number of amides is 2. The fraction of sp³-hybridized carbons (Fsp3) is 0.250. The summed E-state index contributed by atoms with van der Waals surface area (Å²) in [6.45, 7) is 1.47. The molecule has 3 aromatic rings. The standard InChI is InChI=1S/C28H20Cl3NO4/c1-15(26(35)36-14-16-10-12-17(29)13-11-16)32-24(33)22-23(25(32)34)28(31)19-7-3-2-6-18(19)27(22,30)20-8-4-5-9-21(20)28/h2-13,15,22-23H,14H2,1H3/t15-,22-,23+,27?,28?/m0/s1. The highest BCUT2D eigenvalue weighted by atomic mass is 35.5. The molecule has 0 spiro atoms. The number of carbonyl (C=O) groups excluding carboxylic acids is 3. The molecule has 0 aromatic heterocycles. The number of carbonyl (C=O) groups is 3. The Bertz CT molecular complexity index is 1320. The minimum absolute atomic E-state index is 0.0147. The molecule has 1 fully saturated rings. The van der Waals surface area contributed by atoms with Crippen LogP contribution in [0.1, 0.15) is 34.7 Å². The van der Waals surface area contributed by atoms with Crippen LogP contribution in [0.25, 0.3) is 0 Å². The number of alkyl halides is 2. The largest absolute Gasteiger partial charge is 0.459 e. The predicted octanol–water partition coefficient (Wildman–Crippen LogP) is 5.36. The summed E-state index contributed by atoms with van der Waals surface area (Å²) in [7, 11) is 0. The Hall–Kier alpha value is -2.86. The fourth-order valence-corrected chi connectivity index (χ4v) is 7.26. The van der Waals surface area contributed by atoms with Gasteiger partial charge in [-0.15, -0.1) is 23.2 Å². The third kappa shape index (κ3) is 2.94. The van der Waals surface area contributed by atoms with Crippen molar-refractivity contribution in [2.45, 2.75) is 29.3 Å². The van der Waals surface area contributed by atoms with Crippen LogP contribution in [0.2, 0.25) is 5.02 Å². The molecular weight excluding hydrogens is 521 g/mol. The van der Waals surface area contributed by atoms with E-state index in [0.717, 1.165) is 10.5 Å². The van der Waals surface area contributed by atoms with Crippen LogP contribution in [-0.2, 0) is 35.5 Å². The van der Waals surface area contributed by atoms with Gasteiger partial charge in [0, 0.05) is 5.02 Å². The number of imide groups is 1. The molecule has 0 N–H and O–H groups in total. The average Bonchev–Trinajstić information content (AvgIpc) is 3.17. The van der Waals surface area contributed by atoms with E-state index in [9.17, 15) is 14.4 Å². The molecule has 3 aromatic carbocycles. The molecular formula is C28H20Cl3NO4. The van der Waals surface area contributed by atoms with E-state index < -0.39 is 45.4 Å². The molecule has 0 saturated carbocycles. The van der Waals surface area contributed by atoms with E-state index in [4.69, 9.17) is 39.5 Å². The van der Waals surface area contributed by atoms with Crippen molar-refractivity contribution in [3.05, 3.63) is 106 Å². The predicted molar refractivity (Wildman–Crippen MR) is 136 cm³/mol. The van der Waals surface area contributed by atoms with E-state index in [0.29, 0.717) is 27.3 Å². The van der Waals surface area contributed by atoms with Crippen LogP contribution in [0.3, 0.4) is 0 Å². The molecule has 3 atom stereocenters. The average molecular weight is 541 g/mol. The third-order valence-corrected chi connectivity index (χ3v) is 9.18. The van der Waals surface area contributed by atoms with Gasteiger partial charge >= 0.3 is 5.97 Å². The first-order valence-corrected chi connectivity index (χ1v) is 12.7. The highest BCUT2D eigenvalue weighted by molar-refractivity contribution is 6.36. The number of esters is 1. The molecule has 2 bridgehead atoms. The van der Waals surface area contributed by atoms with Crippen LogP contribution < -0.4 is 0 Å². The van der Waals surface area contributed by atoms with Crippen LogP contribution in [0.5, 0.6) is 0 Å². The maximum absolute atomic E-state index is 13.9. The maximum atomic E-state index is 13.9. The SMILES string of the molecule is C[C@@H](C(=O)OCc1ccc(Cl)cc1)N1C(=O)[C@@H]2[C@H](C1=O)C1(Cl)c3ccccc3C2(Cl)c2ccccc21. The van der Waals surface area contributed by atoms with Gasteiger partial charge in [-0.2, -0.15) is 0 Å². The summed E-state index contributed by atoms with van der Waals surface area (Å²) in [6.07, 6.45) is 0. The van der Waals surface area contributed by atoms with Crippen molar-refractivity contribution in [2.75, 3.05) is 0 Å². The Morgan fingerprint density at radius 1 is 0.833 bits per heavy atom. The zero-order valence-corrected chi connectivity index (χ0v) is 21.3. The van der Waals surface area contributed by atoms with Crippen molar-refractivity contribution < 1.29 is 19.1 Å². The van der Waals surface area contributed by atoms with Crippen molar-refractivity contribution in [1.29, 1.82) is 0 Å². The lowest BCUT2D eigenvalue weighted by atomic mass is 9.54. The number of halogens is 3. The molecule has 3 aliphatic carbocycles. The minimum Gasteiger partial charge on any atom is -0.459 e. The molecule has 0 unspecified atom stereocenters. The first-order chi connectivity index (χ1) is 17.2. The van der Waals surface area contributed by atoms with Crippen LogP contribution >= 0.6 is 34.8 Å². The molecule has 1 aliphatic heterocycles. The number of likely N-dealkylation sites (tertiary alicyclic amines) is 1. The summed E-state index contributed by atoms with van der Waals surface area (Å²) >= 11 is 20.7. The highest BCUT2D eigenvalue weighted by Crippen LogP contribution is 2.69. The van der Waals surface area contributed by atoms with Gasteiger partial charge in [-0.3, -0.25) is 14.5 Å². The lowest BCUT2D eigenvalue weighted by Gasteiger charge is -2.54. The Labute approximate surface area is 222 Å². The summed E-state index contributed by atoms with van der Waals surface area (Å²) in [4.78, 5) is 39.2. The van der Waals surface area contributed by atoms with Crippen molar-refractivity contribution in [3.8, 4) is 0 Å². The van der Waals surface area contributed by atoms with Crippen molar-refractivity contribution >= 4 is 52.6 Å². The van der Waals surface area contributed by atoms with Crippen molar-refractivity contribution in [2.24, 2.45) is 11.8 Å². The quantitative estimate of drug-likeness (QED) is 0.254. The van der Waals surface area contributed by atoms with Gasteiger partial charge in [-0.25, -0.2) is 4.79 Å². The summed E-state index contributed by atoms with van der Waals surface area (Å²) in [6, 6.07) is 20.5. The van der Waals surface area contributed by atoms with Gasteiger partial charge < -0.3 is 4.74 Å². The fourth-order valence-electron chi connectivity index (χ4n) is 6.03. The number of rotatable bonds is 4. The number of hydrogen-bond donors (Lipinski definition) is 0. The second-order valence-corrected chi connectivity index (χ2v) is 11.1. The summed E-state index contributed by atoms with van der Waals surface area (Å²) in [5.74, 6) is -3.66. The number of hydrogen-bond acceptors (Lipinski definition) is 4. The lowest BCUT2D eigenvalue weighted by molar-refractivity contribution is -0.159. The lowest BCUT2D eigenvalue weighted by Crippen LogP contribution is -2.57. The molecule has 182 valence electrons. The van der Waals surface area contributed by atoms with Crippen LogP contribution in [-0.4, -0.2) is 28.7 Å². The van der Waals surface area contributed by atoms with E-state index >= 15 is 0 Å². The third-order valence-electron chi connectivity index (χ3n) is 7.64. The van der Waals surface area contributed by atoms with Gasteiger partial charge in [0.1, 0.15) is 22.4 Å². The molecule has 8 heteroatoms. The van der Waals surface area contributed by atoms with E-state index in [1.165, 1.54) is 6.92 Å². The topological polar surface area (TPSA) is 63.7 Å². The van der Waals surface area contributed by atoms with Crippen molar-refractivity contribution in [3.63, 3.8) is 0 Å². The molecule has 7 rings (SSSR count). The van der Waals surface area contributed by atoms with Crippen LogP contribution in [0.4, 0.5) is 0 Å². The van der Waals surface area contributed by atoms with E-state index in [1.54, 1.807) is 24.3 Å². The summed E-state index contributed by atoms with van der Waals surface area (Å²) in [5.41, 5.74) is 3.58. The van der Waals surface area contributed by atoms with E-state index in [1.807, 2.05) is 48.5 Å². The number of benzene rings is 3. The summed E-state index contributed by atoms with van der Waals surface area (Å²) in [5, 5.41) is 0.566. The van der Waals surface area contributed by atoms with Crippen LogP contribution in [0.15, 0.2) is 72.8 Å². The van der Waals surface area contributed by atoms with Gasteiger partial charge in [0.05, 0.1) is 11.8 Å². The molecule has 4 aliphatic rings. The van der Waals surface area contributed by atoms with E-state index in [2.05, 4.69) is 0 Å². The molecule has 0 radical (unpaired) electrons. The normalized spacial score (nSPS) is 28.4. The highest BCUT2D eigenvalue weighted by Gasteiger charge is 2.73. The Morgan fingerprint density at radius 3 is 1.67 bits per heavy atom. The van der Waals surface area contributed by atoms with E-state index in [-0.39, 0.29) is 6.61 Å². The zero-order chi connectivity index (χ0) is 25.4. The molecule has 2 amide bonds.